The Morgan fingerprint density at radius 2 is 2.12 bits per heavy atom. The number of carbonyl (C=O) groups excluding carboxylic acids is 1. The average molecular weight is 242 g/mol. The monoisotopic (exact) mass is 242 g/mol. The van der Waals surface area contributed by atoms with E-state index < -0.39 is 5.60 Å². The number of Topliss-reactive ketones (excluding diaryl/α,β-unsaturated/α-hetero) is 1. The minimum absolute atomic E-state index is 0.143. The highest BCUT2D eigenvalue weighted by Gasteiger charge is 2.30. The third-order valence-corrected chi connectivity index (χ3v) is 3.57. The maximum Gasteiger partial charge on any atom is 0.133 e. The van der Waals surface area contributed by atoms with Crippen molar-refractivity contribution < 1.29 is 14.6 Å². The molecule has 0 saturated heterocycles. The second-order valence-electron chi connectivity index (χ2n) is 6.30. The van der Waals surface area contributed by atoms with Crippen LogP contribution in [0.4, 0.5) is 0 Å². The molecule has 17 heavy (non-hydrogen) atoms. The molecule has 0 aromatic heterocycles. The normalized spacial score (nSPS) is 26.2. The third-order valence-electron chi connectivity index (χ3n) is 3.57. The van der Waals surface area contributed by atoms with Gasteiger partial charge in [0.25, 0.3) is 0 Å². The molecule has 1 atom stereocenters. The van der Waals surface area contributed by atoms with Crippen LogP contribution in [0.25, 0.3) is 0 Å². The van der Waals surface area contributed by atoms with Crippen LogP contribution in [0.5, 0.6) is 0 Å². The SMILES string of the molecule is CC(C)(O)CCOCCC1(C)CCCC(=O)C1. The third kappa shape index (κ3) is 6.18. The van der Waals surface area contributed by atoms with Crippen molar-refractivity contribution in [3.05, 3.63) is 0 Å². The first kappa shape index (κ1) is 14.7. The number of ketones is 1. The molecule has 0 aliphatic heterocycles. The van der Waals surface area contributed by atoms with Crippen LogP contribution in [0.3, 0.4) is 0 Å². The van der Waals surface area contributed by atoms with Crippen LogP contribution in [0.15, 0.2) is 0 Å². The quantitative estimate of drug-likeness (QED) is 0.728. The first-order chi connectivity index (χ1) is 7.81. The molecule has 3 heteroatoms. The molecule has 1 rings (SSSR count). The molecular formula is C14H26O3. The summed E-state index contributed by atoms with van der Waals surface area (Å²) in [6.45, 7) is 7.05. The van der Waals surface area contributed by atoms with Gasteiger partial charge >= 0.3 is 0 Å². The Morgan fingerprint density at radius 1 is 1.41 bits per heavy atom. The van der Waals surface area contributed by atoms with Crippen LogP contribution in [0.1, 0.15) is 59.3 Å². The first-order valence-corrected chi connectivity index (χ1v) is 6.63. The molecule has 1 aliphatic rings. The summed E-state index contributed by atoms with van der Waals surface area (Å²) in [6, 6.07) is 0. The molecule has 3 nitrogen and oxygen atoms in total. The molecule has 0 amide bonds. The minimum atomic E-state index is -0.648. The summed E-state index contributed by atoms with van der Waals surface area (Å²) >= 11 is 0. The van der Waals surface area contributed by atoms with Gasteiger partial charge in [0, 0.05) is 26.1 Å². The maximum atomic E-state index is 11.4. The Bertz CT molecular complexity index is 255. The van der Waals surface area contributed by atoms with Gasteiger partial charge in [-0.1, -0.05) is 6.92 Å². The van der Waals surface area contributed by atoms with Crippen LogP contribution in [-0.2, 0) is 9.53 Å². The second-order valence-corrected chi connectivity index (χ2v) is 6.30. The van der Waals surface area contributed by atoms with E-state index in [0.29, 0.717) is 31.8 Å². The number of rotatable bonds is 6. The van der Waals surface area contributed by atoms with Gasteiger partial charge in [-0.15, -0.1) is 0 Å². The number of aliphatic hydroxyl groups is 1. The molecule has 0 heterocycles. The van der Waals surface area contributed by atoms with Gasteiger partial charge in [-0.2, -0.15) is 0 Å². The van der Waals surface area contributed by atoms with Gasteiger partial charge in [-0.05, 0) is 44.9 Å². The van der Waals surface area contributed by atoms with Crippen LogP contribution < -0.4 is 0 Å². The molecule has 0 spiro atoms. The minimum Gasteiger partial charge on any atom is -0.390 e. The summed E-state index contributed by atoms with van der Waals surface area (Å²) in [5, 5.41) is 9.53. The van der Waals surface area contributed by atoms with E-state index in [2.05, 4.69) is 6.92 Å². The number of hydrogen-bond acceptors (Lipinski definition) is 3. The zero-order valence-electron chi connectivity index (χ0n) is 11.4. The van der Waals surface area contributed by atoms with Gasteiger partial charge in [0.15, 0.2) is 0 Å². The summed E-state index contributed by atoms with van der Waals surface area (Å²) in [6.07, 6.45) is 5.23. The predicted octanol–water partition coefficient (Wildman–Crippen LogP) is 2.70. The lowest BCUT2D eigenvalue weighted by Crippen LogP contribution is -2.27. The van der Waals surface area contributed by atoms with Crippen LogP contribution >= 0.6 is 0 Å². The van der Waals surface area contributed by atoms with E-state index in [-0.39, 0.29) is 5.41 Å². The van der Waals surface area contributed by atoms with Crippen molar-refractivity contribution in [2.75, 3.05) is 13.2 Å². The predicted molar refractivity (Wildman–Crippen MR) is 67.9 cm³/mol. The fraction of sp³-hybridized carbons (Fsp3) is 0.929. The Kier molecular flexibility index (Phi) is 5.14. The van der Waals surface area contributed by atoms with E-state index in [4.69, 9.17) is 4.74 Å². The van der Waals surface area contributed by atoms with E-state index in [9.17, 15) is 9.90 Å². The van der Waals surface area contributed by atoms with Crippen molar-refractivity contribution in [3.8, 4) is 0 Å². The van der Waals surface area contributed by atoms with Crippen LogP contribution in [0.2, 0.25) is 0 Å². The van der Waals surface area contributed by atoms with Crippen molar-refractivity contribution in [1.82, 2.24) is 0 Å². The van der Waals surface area contributed by atoms with Gasteiger partial charge in [-0.25, -0.2) is 0 Å². The fourth-order valence-corrected chi connectivity index (χ4v) is 2.32. The van der Waals surface area contributed by atoms with E-state index in [1.165, 1.54) is 0 Å². The largest absolute Gasteiger partial charge is 0.390 e. The van der Waals surface area contributed by atoms with Crippen molar-refractivity contribution in [2.24, 2.45) is 5.41 Å². The van der Waals surface area contributed by atoms with Crippen molar-refractivity contribution in [3.63, 3.8) is 0 Å². The summed E-state index contributed by atoms with van der Waals surface area (Å²) in [4.78, 5) is 11.4. The van der Waals surface area contributed by atoms with Gasteiger partial charge < -0.3 is 9.84 Å². The lowest BCUT2D eigenvalue weighted by atomic mass is 9.73. The fourth-order valence-electron chi connectivity index (χ4n) is 2.32. The topological polar surface area (TPSA) is 46.5 Å². The molecule has 1 fully saturated rings. The molecule has 1 aliphatic carbocycles. The lowest BCUT2D eigenvalue weighted by molar-refractivity contribution is -0.123. The van der Waals surface area contributed by atoms with Crippen molar-refractivity contribution in [2.45, 2.75) is 64.9 Å². The van der Waals surface area contributed by atoms with Crippen LogP contribution in [-0.4, -0.2) is 29.7 Å². The Morgan fingerprint density at radius 3 is 2.71 bits per heavy atom. The number of ether oxygens (including phenoxy) is 1. The summed E-state index contributed by atoms with van der Waals surface area (Å²) in [7, 11) is 0. The highest BCUT2D eigenvalue weighted by molar-refractivity contribution is 5.79. The Labute approximate surface area is 105 Å². The van der Waals surface area contributed by atoms with Gasteiger partial charge in [0.2, 0.25) is 0 Å². The van der Waals surface area contributed by atoms with Gasteiger partial charge in [-0.3, -0.25) is 4.79 Å². The zero-order chi connectivity index (χ0) is 12.9. The summed E-state index contributed by atoms with van der Waals surface area (Å²) in [5.41, 5.74) is -0.505. The van der Waals surface area contributed by atoms with Gasteiger partial charge in [0.1, 0.15) is 5.78 Å². The summed E-state index contributed by atoms with van der Waals surface area (Å²) < 4.78 is 5.54. The highest BCUT2D eigenvalue weighted by atomic mass is 16.5. The first-order valence-electron chi connectivity index (χ1n) is 6.63. The van der Waals surface area contributed by atoms with Gasteiger partial charge in [0.05, 0.1) is 5.60 Å². The highest BCUT2D eigenvalue weighted by Crippen LogP contribution is 2.36. The molecule has 0 radical (unpaired) electrons. The molecule has 1 unspecified atom stereocenters. The second kappa shape index (κ2) is 5.96. The van der Waals surface area contributed by atoms with E-state index in [1.807, 2.05) is 0 Å². The number of hydrogen-bond donors (Lipinski definition) is 1. The molecule has 1 saturated carbocycles. The Balaban J connectivity index is 2.15. The molecular weight excluding hydrogens is 216 g/mol. The lowest BCUT2D eigenvalue weighted by Gasteiger charge is -2.32. The smallest absolute Gasteiger partial charge is 0.133 e. The van der Waals surface area contributed by atoms with E-state index in [0.717, 1.165) is 25.7 Å². The zero-order valence-corrected chi connectivity index (χ0v) is 11.4. The van der Waals surface area contributed by atoms with E-state index in [1.54, 1.807) is 13.8 Å². The maximum absolute atomic E-state index is 11.4. The molecule has 100 valence electrons. The molecule has 0 bridgehead atoms. The average Bonchev–Trinajstić information content (AvgIpc) is 2.14. The van der Waals surface area contributed by atoms with Crippen molar-refractivity contribution >= 4 is 5.78 Å². The van der Waals surface area contributed by atoms with Crippen molar-refractivity contribution in [1.29, 1.82) is 0 Å². The number of carbonyl (C=O) groups is 1. The standard InChI is InChI=1S/C14H26O3/c1-13(2,16)7-9-17-10-8-14(3)6-4-5-12(15)11-14/h16H,4-11H2,1-3H3. The summed E-state index contributed by atoms with van der Waals surface area (Å²) in [5.74, 6) is 0.398. The van der Waals surface area contributed by atoms with Crippen LogP contribution in [0, 0.1) is 5.41 Å². The molecule has 1 N–H and O–H groups in total. The molecule has 0 aromatic rings. The van der Waals surface area contributed by atoms with E-state index >= 15 is 0 Å². The molecule has 0 aromatic carbocycles. The Hall–Kier alpha value is -0.410.